The van der Waals surface area contributed by atoms with Gasteiger partial charge in [-0.3, -0.25) is 9.78 Å². The summed E-state index contributed by atoms with van der Waals surface area (Å²) in [5.41, 5.74) is 3.25. The number of amides is 1. The largest absolute Gasteiger partial charge is 0.497 e. The number of methoxy groups -OCH3 is 1. The van der Waals surface area contributed by atoms with Crippen molar-refractivity contribution in [2.45, 2.75) is 6.42 Å². The number of anilines is 2. The first-order valence-electron chi connectivity index (χ1n) is 8.53. The molecule has 1 heterocycles. The first-order chi connectivity index (χ1) is 13.1. The van der Waals surface area contributed by atoms with Crippen LogP contribution >= 0.6 is 11.6 Å². The molecular formula is C21H20ClN3O2. The Balaban J connectivity index is 1.56. The predicted octanol–water partition coefficient (Wildman–Crippen LogP) is 4.46. The molecule has 0 fully saturated rings. The Morgan fingerprint density at radius 2 is 1.78 bits per heavy atom. The molecule has 0 saturated heterocycles. The molecule has 2 N–H and O–H groups in total. The third-order valence-corrected chi connectivity index (χ3v) is 4.24. The smallest absolute Gasteiger partial charge is 0.252 e. The second-order valence-corrected chi connectivity index (χ2v) is 6.38. The summed E-state index contributed by atoms with van der Waals surface area (Å²) in [4.78, 5) is 16.5. The minimum Gasteiger partial charge on any atom is -0.497 e. The summed E-state index contributed by atoms with van der Waals surface area (Å²) in [6.45, 7) is 0.538. The van der Waals surface area contributed by atoms with Crippen molar-refractivity contribution in [3.05, 3.63) is 83.1 Å². The molecule has 0 bridgehead atoms. The molecule has 138 valence electrons. The molecule has 0 aliphatic carbocycles. The molecule has 3 aromatic rings. The summed E-state index contributed by atoms with van der Waals surface area (Å²) >= 11 is 5.88. The minimum absolute atomic E-state index is 0.158. The molecule has 0 aliphatic rings. The molecule has 6 heteroatoms. The highest BCUT2D eigenvalue weighted by atomic mass is 35.5. The third kappa shape index (κ3) is 5.46. The number of aromatic nitrogens is 1. The van der Waals surface area contributed by atoms with Crippen LogP contribution < -0.4 is 15.4 Å². The van der Waals surface area contributed by atoms with E-state index >= 15 is 0 Å². The summed E-state index contributed by atoms with van der Waals surface area (Å²) in [5.74, 6) is 0.627. The molecule has 5 nitrogen and oxygen atoms in total. The summed E-state index contributed by atoms with van der Waals surface area (Å²) in [6.07, 6.45) is 3.96. The van der Waals surface area contributed by atoms with Gasteiger partial charge in [-0.1, -0.05) is 23.7 Å². The number of hydrogen-bond donors (Lipinski definition) is 2. The lowest BCUT2D eigenvalue weighted by Gasteiger charge is -2.09. The van der Waals surface area contributed by atoms with E-state index in [2.05, 4.69) is 15.6 Å². The van der Waals surface area contributed by atoms with Gasteiger partial charge in [0.1, 0.15) is 5.75 Å². The van der Waals surface area contributed by atoms with Gasteiger partial charge in [-0.15, -0.1) is 0 Å². The van der Waals surface area contributed by atoms with Gasteiger partial charge in [0.15, 0.2) is 0 Å². The molecule has 0 atom stereocenters. The first kappa shape index (κ1) is 18.7. The Kier molecular flexibility index (Phi) is 6.28. The molecule has 0 radical (unpaired) electrons. The predicted molar refractivity (Wildman–Crippen MR) is 108 cm³/mol. The number of benzene rings is 2. The number of pyridine rings is 1. The number of nitrogens with zero attached hydrogens (tertiary/aromatic N) is 1. The fraction of sp³-hybridized carbons (Fsp3) is 0.143. The van der Waals surface area contributed by atoms with Crippen LogP contribution in [0.25, 0.3) is 0 Å². The van der Waals surface area contributed by atoms with Crippen molar-refractivity contribution in [1.82, 2.24) is 10.3 Å². The molecule has 0 unspecified atom stereocenters. The second-order valence-electron chi connectivity index (χ2n) is 5.95. The van der Waals surface area contributed by atoms with Crippen LogP contribution in [-0.2, 0) is 6.42 Å². The van der Waals surface area contributed by atoms with Crippen molar-refractivity contribution in [2.75, 3.05) is 19.0 Å². The second kappa shape index (κ2) is 9.05. The van der Waals surface area contributed by atoms with E-state index in [-0.39, 0.29) is 5.91 Å². The zero-order chi connectivity index (χ0) is 19.1. The van der Waals surface area contributed by atoms with Crippen LogP contribution in [0.15, 0.2) is 67.0 Å². The van der Waals surface area contributed by atoms with Crippen molar-refractivity contribution < 1.29 is 9.53 Å². The van der Waals surface area contributed by atoms with Gasteiger partial charge in [-0.25, -0.2) is 0 Å². The highest BCUT2D eigenvalue weighted by molar-refractivity contribution is 6.30. The lowest BCUT2D eigenvalue weighted by Crippen LogP contribution is -2.25. The van der Waals surface area contributed by atoms with E-state index in [0.29, 0.717) is 17.1 Å². The molecule has 1 amide bonds. The van der Waals surface area contributed by atoms with Gasteiger partial charge in [-0.05, 0) is 54.4 Å². The Morgan fingerprint density at radius 3 is 2.48 bits per heavy atom. The standard InChI is InChI=1S/C21H20ClN3O2/c1-27-20-8-6-18(7-9-20)25-19-12-16(13-23-14-19)21(26)24-11-10-15-2-4-17(22)5-3-15/h2-9,12-14,25H,10-11H2,1H3,(H,24,26). The van der Waals surface area contributed by atoms with Gasteiger partial charge in [0.25, 0.3) is 5.91 Å². The van der Waals surface area contributed by atoms with Crippen LogP contribution in [0.4, 0.5) is 11.4 Å². The fourth-order valence-corrected chi connectivity index (χ4v) is 2.67. The number of rotatable bonds is 7. The molecule has 27 heavy (non-hydrogen) atoms. The highest BCUT2D eigenvalue weighted by Crippen LogP contribution is 2.20. The number of halogens is 1. The van der Waals surface area contributed by atoms with Gasteiger partial charge in [0.05, 0.1) is 24.6 Å². The number of carbonyl (C=O) groups is 1. The van der Waals surface area contributed by atoms with Crippen LogP contribution in [-0.4, -0.2) is 24.5 Å². The summed E-state index contributed by atoms with van der Waals surface area (Å²) in [6, 6.07) is 16.9. The molecule has 0 aliphatic heterocycles. The summed E-state index contributed by atoms with van der Waals surface area (Å²) < 4.78 is 5.15. The van der Waals surface area contributed by atoms with Gasteiger partial charge in [-0.2, -0.15) is 0 Å². The van der Waals surface area contributed by atoms with Crippen LogP contribution in [0.2, 0.25) is 5.02 Å². The number of hydrogen-bond acceptors (Lipinski definition) is 4. The van der Waals surface area contributed by atoms with Crippen molar-refractivity contribution in [3.8, 4) is 5.75 Å². The number of nitrogens with one attached hydrogen (secondary N) is 2. The molecule has 1 aromatic heterocycles. The van der Waals surface area contributed by atoms with Crippen molar-refractivity contribution in [3.63, 3.8) is 0 Å². The van der Waals surface area contributed by atoms with E-state index < -0.39 is 0 Å². The maximum absolute atomic E-state index is 12.4. The van der Waals surface area contributed by atoms with Gasteiger partial charge < -0.3 is 15.4 Å². The summed E-state index contributed by atoms with van der Waals surface area (Å²) in [7, 11) is 1.63. The highest BCUT2D eigenvalue weighted by Gasteiger charge is 2.07. The first-order valence-corrected chi connectivity index (χ1v) is 8.90. The molecule has 0 spiro atoms. The van der Waals surface area contributed by atoms with Gasteiger partial charge in [0, 0.05) is 23.5 Å². The summed E-state index contributed by atoms with van der Waals surface area (Å²) in [5, 5.41) is 6.84. The molecule has 0 saturated carbocycles. The minimum atomic E-state index is -0.158. The molecular weight excluding hydrogens is 362 g/mol. The van der Waals surface area contributed by atoms with E-state index in [9.17, 15) is 4.79 Å². The van der Waals surface area contributed by atoms with Crippen LogP contribution in [0.1, 0.15) is 15.9 Å². The molecule has 2 aromatic carbocycles. The zero-order valence-corrected chi connectivity index (χ0v) is 15.7. The van der Waals surface area contributed by atoms with E-state index in [1.807, 2.05) is 48.5 Å². The monoisotopic (exact) mass is 381 g/mol. The quantitative estimate of drug-likeness (QED) is 0.634. The van der Waals surface area contributed by atoms with E-state index in [0.717, 1.165) is 29.1 Å². The van der Waals surface area contributed by atoms with Crippen molar-refractivity contribution in [2.24, 2.45) is 0 Å². The number of ether oxygens (including phenoxy) is 1. The lowest BCUT2D eigenvalue weighted by molar-refractivity contribution is 0.0954. The zero-order valence-electron chi connectivity index (χ0n) is 14.9. The SMILES string of the molecule is COc1ccc(Nc2cncc(C(=O)NCCc3ccc(Cl)cc3)c2)cc1. The Bertz CT molecular complexity index is 896. The van der Waals surface area contributed by atoms with Crippen molar-refractivity contribution >= 4 is 28.9 Å². The molecule has 3 rings (SSSR count). The Hall–Kier alpha value is -3.05. The van der Waals surface area contributed by atoms with E-state index in [1.54, 1.807) is 25.6 Å². The topological polar surface area (TPSA) is 63.2 Å². The fourth-order valence-electron chi connectivity index (χ4n) is 2.55. The van der Waals surface area contributed by atoms with Gasteiger partial charge >= 0.3 is 0 Å². The lowest BCUT2D eigenvalue weighted by atomic mass is 10.1. The van der Waals surface area contributed by atoms with Crippen LogP contribution in [0.5, 0.6) is 5.75 Å². The van der Waals surface area contributed by atoms with Crippen LogP contribution in [0.3, 0.4) is 0 Å². The Morgan fingerprint density at radius 1 is 1.04 bits per heavy atom. The Labute approximate surface area is 163 Å². The van der Waals surface area contributed by atoms with E-state index in [4.69, 9.17) is 16.3 Å². The van der Waals surface area contributed by atoms with E-state index in [1.165, 1.54) is 0 Å². The van der Waals surface area contributed by atoms with Crippen molar-refractivity contribution in [1.29, 1.82) is 0 Å². The average molecular weight is 382 g/mol. The van der Waals surface area contributed by atoms with Gasteiger partial charge in [0.2, 0.25) is 0 Å². The van der Waals surface area contributed by atoms with Crippen LogP contribution in [0, 0.1) is 0 Å². The average Bonchev–Trinajstić information content (AvgIpc) is 2.70. The third-order valence-electron chi connectivity index (χ3n) is 3.99. The number of carbonyl (C=O) groups excluding carboxylic acids is 1. The maximum atomic E-state index is 12.4. The maximum Gasteiger partial charge on any atom is 0.252 e. The normalized spacial score (nSPS) is 10.3.